The Balaban J connectivity index is 2.53. The van der Waals surface area contributed by atoms with Gasteiger partial charge in [-0.3, -0.25) is 4.79 Å². The van der Waals surface area contributed by atoms with Gasteiger partial charge in [-0.1, -0.05) is 0 Å². The molecule has 0 bridgehead atoms. The van der Waals surface area contributed by atoms with Gasteiger partial charge in [0.2, 0.25) is 0 Å². The summed E-state index contributed by atoms with van der Waals surface area (Å²) in [5, 5.41) is 0. The average molecular weight is 384 g/mol. The number of nitrogens with two attached hydrogens (primary N) is 1. The molecule has 0 aromatic heterocycles. The number of carbonyl (C=O) groups excluding carboxylic acids is 2. The van der Waals surface area contributed by atoms with Crippen molar-refractivity contribution in [3.8, 4) is 0 Å². The van der Waals surface area contributed by atoms with Crippen LogP contribution in [0, 0.1) is 5.92 Å². The summed E-state index contributed by atoms with van der Waals surface area (Å²) < 4.78 is 31.7. The minimum absolute atomic E-state index is 0.0913. The van der Waals surface area contributed by atoms with Gasteiger partial charge >= 0.3 is 12.1 Å². The van der Waals surface area contributed by atoms with Crippen LogP contribution in [-0.4, -0.2) is 45.0 Å². The lowest BCUT2D eigenvalue weighted by Gasteiger charge is -2.31. The summed E-state index contributed by atoms with van der Waals surface area (Å²) >= 11 is -2.31. The first-order valence-corrected chi connectivity index (χ1v) is 9.23. The molecule has 1 aromatic carbocycles. The summed E-state index contributed by atoms with van der Waals surface area (Å²) in [6, 6.07) is 3.62. The molecule has 1 aliphatic heterocycles. The normalized spacial score (nSPS) is 21.3. The molecule has 1 unspecified atom stereocenters. The number of likely N-dealkylation sites (tertiary alicyclic amines) is 1. The van der Waals surface area contributed by atoms with E-state index in [0.717, 1.165) is 0 Å². The number of nitrogens with zero attached hydrogens (tertiary/aromatic N) is 1. The van der Waals surface area contributed by atoms with Crippen LogP contribution in [0.4, 0.5) is 10.5 Å². The van der Waals surface area contributed by atoms with Crippen molar-refractivity contribution in [3.63, 3.8) is 0 Å². The highest BCUT2D eigenvalue weighted by molar-refractivity contribution is 7.79. The molecule has 1 aliphatic rings. The quantitative estimate of drug-likeness (QED) is 0.466. The van der Waals surface area contributed by atoms with Crippen molar-refractivity contribution < 1.29 is 27.8 Å². The van der Waals surface area contributed by atoms with Crippen LogP contribution >= 0.6 is 0 Å². The number of esters is 1. The molecule has 1 saturated heterocycles. The molecular formula is C17H24N2O6S. The van der Waals surface area contributed by atoms with E-state index in [9.17, 15) is 18.4 Å². The van der Waals surface area contributed by atoms with Crippen LogP contribution in [0.1, 0.15) is 38.8 Å². The van der Waals surface area contributed by atoms with Gasteiger partial charge in [-0.15, -0.1) is 0 Å². The Morgan fingerprint density at radius 3 is 2.54 bits per heavy atom. The third-order valence-electron chi connectivity index (χ3n) is 4.07. The van der Waals surface area contributed by atoms with Crippen molar-refractivity contribution in [1.82, 2.24) is 4.90 Å². The first-order valence-electron chi connectivity index (χ1n) is 8.13. The molecule has 26 heavy (non-hydrogen) atoms. The summed E-state index contributed by atoms with van der Waals surface area (Å²) in [6.07, 6.45) is -0.255. The van der Waals surface area contributed by atoms with Crippen molar-refractivity contribution in [2.45, 2.75) is 43.7 Å². The van der Waals surface area contributed by atoms with E-state index in [1.54, 1.807) is 20.8 Å². The van der Waals surface area contributed by atoms with Gasteiger partial charge in [0.05, 0.1) is 24.0 Å². The topological polar surface area (TPSA) is 119 Å². The number of benzene rings is 1. The number of methoxy groups -OCH3 is 1. The second kappa shape index (κ2) is 7.63. The summed E-state index contributed by atoms with van der Waals surface area (Å²) in [5.74, 6) is -1.19. The Morgan fingerprint density at radius 1 is 1.35 bits per heavy atom. The number of carbonyl (C=O) groups is 2. The summed E-state index contributed by atoms with van der Waals surface area (Å²) in [6.45, 7) is 5.47. The summed E-state index contributed by atoms with van der Waals surface area (Å²) in [5.41, 5.74) is 5.82. The summed E-state index contributed by atoms with van der Waals surface area (Å²) in [4.78, 5) is 26.4. The van der Waals surface area contributed by atoms with Crippen LogP contribution in [0.5, 0.6) is 0 Å². The van der Waals surface area contributed by atoms with Crippen molar-refractivity contribution in [2.75, 3.05) is 19.4 Å². The molecule has 9 heteroatoms. The molecule has 0 saturated carbocycles. The fraction of sp³-hybridized carbons (Fsp3) is 0.529. The fourth-order valence-electron chi connectivity index (χ4n) is 3.06. The number of hydrogen-bond donors (Lipinski definition) is 2. The maximum atomic E-state index is 12.6. The van der Waals surface area contributed by atoms with Crippen LogP contribution in [0.3, 0.4) is 0 Å². The smallest absolute Gasteiger partial charge is 0.410 e. The van der Waals surface area contributed by atoms with E-state index in [4.69, 9.17) is 15.2 Å². The van der Waals surface area contributed by atoms with Crippen LogP contribution in [0.2, 0.25) is 0 Å². The number of anilines is 1. The van der Waals surface area contributed by atoms with Crippen LogP contribution in [0.25, 0.3) is 0 Å². The van der Waals surface area contributed by atoms with E-state index in [0.29, 0.717) is 17.7 Å². The Morgan fingerprint density at radius 2 is 2.00 bits per heavy atom. The molecule has 144 valence electrons. The third-order valence-corrected chi connectivity index (χ3v) is 4.82. The van der Waals surface area contributed by atoms with E-state index in [1.807, 2.05) is 0 Å². The molecule has 0 radical (unpaired) electrons. The number of amides is 1. The van der Waals surface area contributed by atoms with Crippen molar-refractivity contribution >= 4 is 28.8 Å². The maximum absolute atomic E-state index is 12.6. The third kappa shape index (κ3) is 4.34. The van der Waals surface area contributed by atoms with E-state index in [1.165, 1.54) is 30.2 Å². The summed E-state index contributed by atoms with van der Waals surface area (Å²) in [7, 11) is 1.26. The monoisotopic (exact) mass is 384 g/mol. The first kappa shape index (κ1) is 20.2. The predicted molar refractivity (Wildman–Crippen MR) is 95.7 cm³/mol. The lowest BCUT2D eigenvalue weighted by Crippen LogP contribution is -2.38. The Hall–Kier alpha value is -2.13. The fourth-order valence-corrected chi connectivity index (χ4v) is 3.62. The van der Waals surface area contributed by atoms with Crippen LogP contribution in [-0.2, 0) is 25.3 Å². The molecule has 1 heterocycles. The van der Waals surface area contributed by atoms with Crippen LogP contribution in [0.15, 0.2) is 23.1 Å². The van der Waals surface area contributed by atoms with Gasteiger partial charge < -0.3 is 24.7 Å². The second-order valence-corrected chi connectivity index (χ2v) is 8.02. The van der Waals surface area contributed by atoms with Crippen LogP contribution < -0.4 is 5.73 Å². The van der Waals surface area contributed by atoms with Gasteiger partial charge in [-0.25, -0.2) is 9.00 Å². The first-order chi connectivity index (χ1) is 12.0. The minimum atomic E-state index is -2.31. The molecule has 1 amide bonds. The Labute approximate surface area is 154 Å². The number of rotatable bonds is 3. The lowest BCUT2D eigenvalue weighted by atomic mass is 9.93. The molecule has 1 fully saturated rings. The second-order valence-electron chi connectivity index (χ2n) is 7.08. The molecule has 0 aliphatic carbocycles. The Bertz CT molecular complexity index is 730. The van der Waals surface area contributed by atoms with Crippen molar-refractivity contribution in [3.05, 3.63) is 23.8 Å². The number of nitrogen functional groups attached to an aromatic ring is 1. The zero-order valence-corrected chi connectivity index (χ0v) is 16.0. The highest BCUT2D eigenvalue weighted by atomic mass is 32.2. The van der Waals surface area contributed by atoms with Gasteiger partial charge in [0.1, 0.15) is 5.60 Å². The highest BCUT2D eigenvalue weighted by Gasteiger charge is 2.45. The lowest BCUT2D eigenvalue weighted by molar-refractivity contribution is -0.146. The molecule has 3 N–H and O–H groups in total. The van der Waals surface area contributed by atoms with Gasteiger partial charge in [0.15, 0.2) is 11.1 Å². The molecule has 8 nitrogen and oxygen atoms in total. The minimum Gasteiger partial charge on any atom is -0.469 e. The predicted octanol–water partition coefficient (Wildman–Crippen LogP) is 2.32. The van der Waals surface area contributed by atoms with E-state index >= 15 is 0 Å². The zero-order valence-electron chi connectivity index (χ0n) is 15.2. The van der Waals surface area contributed by atoms with Crippen molar-refractivity contribution in [1.29, 1.82) is 0 Å². The number of hydrogen-bond acceptors (Lipinski definition) is 6. The van der Waals surface area contributed by atoms with E-state index in [2.05, 4.69) is 0 Å². The van der Waals surface area contributed by atoms with E-state index in [-0.39, 0.29) is 11.4 Å². The maximum Gasteiger partial charge on any atom is 0.410 e. The number of ether oxygens (including phenoxy) is 2. The molecule has 1 aromatic rings. The van der Waals surface area contributed by atoms with Crippen molar-refractivity contribution in [2.24, 2.45) is 5.92 Å². The van der Waals surface area contributed by atoms with Gasteiger partial charge in [0, 0.05) is 12.2 Å². The van der Waals surface area contributed by atoms with Gasteiger partial charge in [-0.05, 0) is 51.0 Å². The molecule has 0 spiro atoms. The molecule has 2 rings (SSSR count). The molecular weight excluding hydrogens is 360 g/mol. The molecule has 3 atom stereocenters. The zero-order chi connectivity index (χ0) is 19.6. The van der Waals surface area contributed by atoms with E-state index < -0.39 is 40.7 Å². The largest absolute Gasteiger partial charge is 0.469 e. The van der Waals surface area contributed by atoms with Gasteiger partial charge in [-0.2, -0.15) is 0 Å². The average Bonchev–Trinajstić information content (AvgIpc) is 2.97. The SMILES string of the molecule is COC(=O)[C@@H]1CCN(C(=O)OC(C)(C)C)[C@@H]1c1cc(N)ccc1S(=O)O. The highest BCUT2D eigenvalue weighted by Crippen LogP contribution is 2.41. The standard InChI is InChI=1S/C17H24N2O6S/c1-17(2,3)25-16(21)19-8-7-11(15(20)24-4)14(19)12-9-10(18)5-6-13(12)26(22)23/h5-6,9,11,14H,7-8,18H2,1-4H3,(H,22,23)/t11-,14+/m1/s1. The van der Waals surface area contributed by atoms with Gasteiger partial charge in [0.25, 0.3) is 0 Å². The Kier molecular flexibility index (Phi) is 5.92.